The van der Waals surface area contributed by atoms with Gasteiger partial charge in [0.25, 0.3) is 0 Å². The van der Waals surface area contributed by atoms with Crippen molar-refractivity contribution < 1.29 is 14.6 Å². The number of carbonyl (C=O) groups excluding carboxylic acids is 1. The molecule has 12 heavy (non-hydrogen) atoms. The number of hydrogen-bond donors (Lipinski definition) is 1. The van der Waals surface area contributed by atoms with E-state index in [-0.39, 0.29) is 0 Å². The molecule has 1 atom stereocenters. The monoisotopic (exact) mass is 172 g/mol. The van der Waals surface area contributed by atoms with E-state index >= 15 is 0 Å². The van der Waals surface area contributed by atoms with E-state index < -0.39 is 12.1 Å². The van der Waals surface area contributed by atoms with Gasteiger partial charge in [0.05, 0.1) is 6.61 Å². The summed E-state index contributed by atoms with van der Waals surface area (Å²) in [6.07, 6.45) is 4.66. The number of aliphatic hydroxyl groups excluding tert-OH is 1. The molecule has 70 valence electrons. The first kappa shape index (κ1) is 11.2. The lowest BCUT2D eigenvalue weighted by atomic mass is 10.3. The molecule has 0 aromatic heterocycles. The maximum Gasteiger partial charge on any atom is 0.334 e. The van der Waals surface area contributed by atoms with Crippen molar-refractivity contribution in [3.05, 3.63) is 12.2 Å². The standard InChI is InChI=1S/C9H16O3/c1-3-4-5-6-7-12-9(11)8(2)10/h4-5,8,10H,3,6-7H2,1-2H3/b5-4+. The molecule has 0 aliphatic rings. The smallest absolute Gasteiger partial charge is 0.334 e. The van der Waals surface area contributed by atoms with Crippen molar-refractivity contribution in [2.45, 2.75) is 32.8 Å². The van der Waals surface area contributed by atoms with Gasteiger partial charge in [-0.15, -0.1) is 0 Å². The molecule has 0 spiro atoms. The minimum atomic E-state index is -1.01. The van der Waals surface area contributed by atoms with Crippen LogP contribution in [0.3, 0.4) is 0 Å². The van der Waals surface area contributed by atoms with Crippen LogP contribution in [0.25, 0.3) is 0 Å². The number of esters is 1. The predicted molar refractivity (Wildman–Crippen MR) is 46.7 cm³/mol. The summed E-state index contributed by atoms with van der Waals surface area (Å²) in [5, 5.41) is 8.73. The number of aliphatic hydroxyl groups is 1. The van der Waals surface area contributed by atoms with E-state index in [9.17, 15) is 4.79 Å². The molecule has 1 unspecified atom stereocenters. The summed E-state index contributed by atoms with van der Waals surface area (Å²) in [6, 6.07) is 0. The second-order valence-electron chi connectivity index (χ2n) is 2.51. The van der Waals surface area contributed by atoms with Gasteiger partial charge in [0, 0.05) is 0 Å². The van der Waals surface area contributed by atoms with Gasteiger partial charge in [-0.3, -0.25) is 0 Å². The molecule has 0 aliphatic carbocycles. The molecule has 1 N–H and O–H groups in total. The minimum Gasteiger partial charge on any atom is -0.463 e. The fraction of sp³-hybridized carbons (Fsp3) is 0.667. The largest absolute Gasteiger partial charge is 0.463 e. The highest BCUT2D eigenvalue weighted by Crippen LogP contribution is 1.91. The van der Waals surface area contributed by atoms with E-state index in [0.717, 1.165) is 6.42 Å². The van der Waals surface area contributed by atoms with Crippen molar-refractivity contribution in [2.75, 3.05) is 6.61 Å². The van der Waals surface area contributed by atoms with Crippen molar-refractivity contribution in [1.82, 2.24) is 0 Å². The van der Waals surface area contributed by atoms with E-state index in [1.54, 1.807) is 0 Å². The van der Waals surface area contributed by atoms with E-state index in [4.69, 9.17) is 9.84 Å². The number of rotatable bonds is 5. The number of hydrogen-bond acceptors (Lipinski definition) is 3. The highest BCUT2D eigenvalue weighted by Gasteiger charge is 2.08. The Labute approximate surface area is 73.0 Å². The zero-order valence-corrected chi connectivity index (χ0v) is 7.62. The highest BCUT2D eigenvalue weighted by atomic mass is 16.5. The molecule has 3 heteroatoms. The van der Waals surface area contributed by atoms with Crippen LogP contribution in [0.5, 0.6) is 0 Å². The summed E-state index contributed by atoms with van der Waals surface area (Å²) in [5.74, 6) is -0.556. The van der Waals surface area contributed by atoms with Gasteiger partial charge in [0.15, 0.2) is 0 Å². The molecule has 0 saturated carbocycles. The molecular formula is C9H16O3. The molecule has 3 nitrogen and oxygen atoms in total. The average molecular weight is 172 g/mol. The lowest BCUT2D eigenvalue weighted by Crippen LogP contribution is -2.19. The first-order chi connectivity index (χ1) is 5.68. The maximum atomic E-state index is 10.7. The molecular weight excluding hydrogens is 156 g/mol. The van der Waals surface area contributed by atoms with Gasteiger partial charge in [-0.1, -0.05) is 19.1 Å². The second kappa shape index (κ2) is 6.85. The van der Waals surface area contributed by atoms with Crippen LogP contribution in [-0.4, -0.2) is 23.8 Å². The Morgan fingerprint density at radius 3 is 2.75 bits per heavy atom. The van der Waals surface area contributed by atoms with Gasteiger partial charge in [-0.25, -0.2) is 4.79 Å². The van der Waals surface area contributed by atoms with Gasteiger partial charge in [0.1, 0.15) is 6.10 Å². The van der Waals surface area contributed by atoms with Gasteiger partial charge in [-0.2, -0.15) is 0 Å². The maximum absolute atomic E-state index is 10.7. The molecule has 0 aromatic carbocycles. The fourth-order valence-corrected chi connectivity index (χ4v) is 0.633. The summed E-state index contributed by atoms with van der Waals surface area (Å²) in [4.78, 5) is 10.7. The van der Waals surface area contributed by atoms with E-state index in [1.807, 2.05) is 19.1 Å². The lowest BCUT2D eigenvalue weighted by Gasteiger charge is -2.03. The Kier molecular flexibility index (Phi) is 6.38. The molecule has 0 heterocycles. The first-order valence-electron chi connectivity index (χ1n) is 4.18. The average Bonchev–Trinajstić information content (AvgIpc) is 2.03. The van der Waals surface area contributed by atoms with Crippen LogP contribution in [0.1, 0.15) is 26.7 Å². The Bertz CT molecular complexity index is 150. The molecule has 0 radical (unpaired) electrons. The summed E-state index contributed by atoms with van der Waals surface area (Å²) < 4.78 is 4.71. The van der Waals surface area contributed by atoms with Crippen molar-refractivity contribution in [2.24, 2.45) is 0 Å². The van der Waals surface area contributed by atoms with Crippen molar-refractivity contribution >= 4 is 5.97 Å². The second-order valence-corrected chi connectivity index (χ2v) is 2.51. The summed E-state index contributed by atoms with van der Waals surface area (Å²) in [7, 11) is 0. The third-order valence-corrected chi connectivity index (χ3v) is 1.27. The van der Waals surface area contributed by atoms with Gasteiger partial charge in [0.2, 0.25) is 0 Å². The number of ether oxygens (including phenoxy) is 1. The SMILES string of the molecule is CC/C=C/CCOC(=O)C(C)O. The lowest BCUT2D eigenvalue weighted by molar-refractivity contribution is -0.152. The Hall–Kier alpha value is -0.830. The fourth-order valence-electron chi connectivity index (χ4n) is 0.633. The topological polar surface area (TPSA) is 46.5 Å². The van der Waals surface area contributed by atoms with Gasteiger partial charge < -0.3 is 9.84 Å². The molecule has 0 amide bonds. The van der Waals surface area contributed by atoms with Gasteiger partial charge >= 0.3 is 5.97 Å². The Balaban J connectivity index is 3.31. The Morgan fingerprint density at radius 2 is 2.25 bits per heavy atom. The Morgan fingerprint density at radius 1 is 1.58 bits per heavy atom. The molecule has 0 rings (SSSR count). The van der Waals surface area contributed by atoms with Crippen LogP contribution in [-0.2, 0) is 9.53 Å². The van der Waals surface area contributed by atoms with Crippen LogP contribution in [0.15, 0.2) is 12.2 Å². The van der Waals surface area contributed by atoms with E-state index in [1.165, 1.54) is 6.92 Å². The third kappa shape index (κ3) is 5.92. The molecule has 0 bridgehead atoms. The van der Waals surface area contributed by atoms with Crippen LogP contribution >= 0.6 is 0 Å². The van der Waals surface area contributed by atoms with Gasteiger partial charge in [-0.05, 0) is 19.8 Å². The van der Waals surface area contributed by atoms with Crippen LogP contribution in [0.2, 0.25) is 0 Å². The molecule has 0 aromatic rings. The molecule has 0 fully saturated rings. The highest BCUT2D eigenvalue weighted by molar-refractivity contribution is 5.73. The predicted octanol–water partition coefficient (Wildman–Crippen LogP) is 1.27. The van der Waals surface area contributed by atoms with E-state index in [0.29, 0.717) is 13.0 Å². The molecule has 0 aliphatic heterocycles. The van der Waals surface area contributed by atoms with Crippen molar-refractivity contribution in [3.63, 3.8) is 0 Å². The number of allylic oxidation sites excluding steroid dienone is 1. The summed E-state index contributed by atoms with van der Waals surface area (Å²) >= 11 is 0. The minimum absolute atomic E-state index is 0.347. The first-order valence-corrected chi connectivity index (χ1v) is 4.18. The summed E-state index contributed by atoms with van der Waals surface area (Å²) in [6.45, 7) is 3.78. The van der Waals surface area contributed by atoms with Crippen LogP contribution < -0.4 is 0 Å². The zero-order valence-electron chi connectivity index (χ0n) is 7.62. The summed E-state index contributed by atoms with van der Waals surface area (Å²) in [5.41, 5.74) is 0. The third-order valence-electron chi connectivity index (χ3n) is 1.27. The zero-order chi connectivity index (χ0) is 9.40. The van der Waals surface area contributed by atoms with Crippen molar-refractivity contribution in [3.8, 4) is 0 Å². The van der Waals surface area contributed by atoms with Crippen molar-refractivity contribution in [1.29, 1.82) is 0 Å². The molecule has 0 saturated heterocycles. The van der Waals surface area contributed by atoms with Crippen LogP contribution in [0.4, 0.5) is 0 Å². The van der Waals surface area contributed by atoms with E-state index in [2.05, 4.69) is 0 Å². The normalized spacial score (nSPS) is 13.2. The van der Waals surface area contributed by atoms with Crippen LogP contribution in [0, 0.1) is 0 Å². The quantitative estimate of drug-likeness (QED) is 0.386. The number of carbonyl (C=O) groups is 1.